The average Bonchev–Trinajstić information content (AvgIpc) is 2.41. The van der Waals surface area contributed by atoms with E-state index in [0.717, 1.165) is 9.13 Å². The van der Waals surface area contributed by atoms with Crippen molar-refractivity contribution in [3.63, 3.8) is 0 Å². The van der Waals surface area contributed by atoms with Crippen molar-refractivity contribution in [2.75, 3.05) is 7.05 Å². The lowest BCUT2D eigenvalue weighted by Gasteiger charge is -2.18. The van der Waals surface area contributed by atoms with Crippen LogP contribution < -0.4 is 0 Å². The van der Waals surface area contributed by atoms with Crippen LogP contribution in [0.15, 0.2) is 48.5 Å². The lowest BCUT2D eigenvalue weighted by Crippen LogP contribution is -2.26. The second-order valence-electron chi connectivity index (χ2n) is 4.30. The Morgan fingerprint density at radius 1 is 1.16 bits per heavy atom. The molecule has 0 aliphatic rings. The van der Waals surface area contributed by atoms with Crippen molar-refractivity contribution in [3.8, 4) is 5.75 Å². The third-order valence-electron chi connectivity index (χ3n) is 2.84. The van der Waals surface area contributed by atoms with Crippen LogP contribution in [-0.2, 0) is 6.54 Å². The van der Waals surface area contributed by atoms with Crippen molar-refractivity contribution < 1.29 is 9.90 Å². The molecule has 0 saturated heterocycles. The zero-order chi connectivity index (χ0) is 13.8. The number of aromatic hydroxyl groups is 1. The van der Waals surface area contributed by atoms with Crippen LogP contribution in [0.4, 0.5) is 0 Å². The number of rotatable bonds is 3. The molecule has 19 heavy (non-hydrogen) atoms. The third-order valence-corrected chi connectivity index (χ3v) is 3.56. The Hall–Kier alpha value is -1.56. The van der Waals surface area contributed by atoms with Gasteiger partial charge >= 0.3 is 0 Å². The van der Waals surface area contributed by atoms with Crippen molar-refractivity contribution >= 4 is 28.5 Å². The molecule has 0 radical (unpaired) electrons. The van der Waals surface area contributed by atoms with E-state index in [1.54, 1.807) is 24.1 Å². The average molecular weight is 367 g/mol. The molecule has 1 amide bonds. The van der Waals surface area contributed by atoms with Crippen LogP contribution >= 0.6 is 22.6 Å². The van der Waals surface area contributed by atoms with Crippen LogP contribution in [0.25, 0.3) is 0 Å². The van der Waals surface area contributed by atoms with Crippen LogP contribution in [0.3, 0.4) is 0 Å². The fourth-order valence-electron chi connectivity index (χ4n) is 1.78. The summed E-state index contributed by atoms with van der Waals surface area (Å²) in [6.07, 6.45) is 0. The minimum absolute atomic E-state index is 0.0559. The standard InChI is InChI=1S/C15H14INO2/c1-17(10-12-4-2-3-5-14(12)18)15(19)11-6-8-13(16)9-7-11/h2-9,18H,10H2,1H3. The van der Waals surface area contributed by atoms with Crippen molar-refractivity contribution in [1.82, 2.24) is 4.90 Å². The molecule has 0 aliphatic heterocycles. The molecule has 0 fully saturated rings. The molecule has 0 atom stereocenters. The molecule has 0 heterocycles. The Labute approximate surface area is 126 Å². The number of amides is 1. The highest BCUT2D eigenvalue weighted by Crippen LogP contribution is 2.18. The zero-order valence-corrected chi connectivity index (χ0v) is 12.7. The highest BCUT2D eigenvalue weighted by Gasteiger charge is 2.13. The first kappa shape index (κ1) is 13.9. The number of carbonyl (C=O) groups is 1. The van der Waals surface area contributed by atoms with Gasteiger partial charge in [0.25, 0.3) is 5.91 Å². The Morgan fingerprint density at radius 2 is 1.79 bits per heavy atom. The monoisotopic (exact) mass is 367 g/mol. The summed E-state index contributed by atoms with van der Waals surface area (Å²) in [7, 11) is 1.73. The smallest absolute Gasteiger partial charge is 0.253 e. The molecule has 0 spiro atoms. The maximum atomic E-state index is 12.2. The molecule has 0 saturated carbocycles. The zero-order valence-electron chi connectivity index (χ0n) is 10.5. The van der Waals surface area contributed by atoms with Gasteiger partial charge in [0, 0.05) is 28.3 Å². The summed E-state index contributed by atoms with van der Waals surface area (Å²) < 4.78 is 1.09. The number of para-hydroxylation sites is 1. The van der Waals surface area contributed by atoms with Crippen molar-refractivity contribution in [1.29, 1.82) is 0 Å². The molecule has 4 heteroatoms. The van der Waals surface area contributed by atoms with Crippen LogP contribution in [0, 0.1) is 3.57 Å². The molecule has 0 aliphatic carbocycles. The number of phenolic OH excluding ortho intramolecular Hbond substituents is 1. The molecule has 2 aromatic rings. The first-order valence-corrected chi connectivity index (χ1v) is 6.93. The van der Waals surface area contributed by atoms with Gasteiger partial charge in [-0.2, -0.15) is 0 Å². The highest BCUT2D eigenvalue weighted by molar-refractivity contribution is 14.1. The SMILES string of the molecule is CN(Cc1ccccc1O)C(=O)c1ccc(I)cc1. The lowest BCUT2D eigenvalue weighted by molar-refractivity contribution is 0.0784. The number of carbonyl (C=O) groups excluding carboxylic acids is 1. The van der Waals surface area contributed by atoms with E-state index < -0.39 is 0 Å². The number of halogens is 1. The van der Waals surface area contributed by atoms with E-state index in [2.05, 4.69) is 22.6 Å². The molecule has 2 aromatic carbocycles. The van der Waals surface area contributed by atoms with Gasteiger partial charge < -0.3 is 10.0 Å². The number of nitrogens with zero attached hydrogens (tertiary/aromatic N) is 1. The minimum atomic E-state index is -0.0559. The van der Waals surface area contributed by atoms with Gasteiger partial charge in [-0.1, -0.05) is 18.2 Å². The summed E-state index contributed by atoms with van der Waals surface area (Å²) in [5, 5.41) is 9.71. The number of hydrogen-bond donors (Lipinski definition) is 1. The minimum Gasteiger partial charge on any atom is -0.508 e. The van der Waals surface area contributed by atoms with Gasteiger partial charge in [0.2, 0.25) is 0 Å². The molecular formula is C15H14INO2. The predicted molar refractivity (Wildman–Crippen MR) is 83.1 cm³/mol. The molecule has 0 bridgehead atoms. The maximum absolute atomic E-state index is 12.2. The fraction of sp³-hybridized carbons (Fsp3) is 0.133. The van der Waals surface area contributed by atoms with Gasteiger partial charge in [0.05, 0.1) is 0 Å². The van der Waals surface area contributed by atoms with Crippen LogP contribution in [0.2, 0.25) is 0 Å². The molecule has 2 rings (SSSR count). The Bertz CT molecular complexity index is 581. The topological polar surface area (TPSA) is 40.5 Å². The van der Waals surface area contributed by atoms with Gasteiger partial charge in [-0.15, -0.1) is 0 Å². The quantitative estimate of drug-likeness (QED) is 0.846. The largest absolute Gasteiger partial charge is 0.508 e. The molecule has 0 aromatic heterocycles. The second kappa shape index (κ2) is 6.06. The fourth-order valence-corrected chi connectivity index (χ4v) is 2.14. The molecular weight excluding hydrogens is 353 g/mol. The summed E-state index contributed by atoms with van der Waals surface area (Å²) in [5.74, 6) is 0.157. The molecule has 3 nitrogen and oxygen atoms in total. The highest BCUT2D eigenvalue weighted by atomic mass is 127. The summed E-state index contributed by atoms with van der Waals surface area (Å²) >= 11 is 2.20. The van der Waals surface area contributed by atoms with Gasteiger partial charge in [0.1, 0.15) is 5.75 Å². The lowest BCUT2D eigenvalue weighted by atomic mass is 10.1. The van der Waals surface area contributed by atoms with Crippen LogP contribution in [0.1, 0.15) is 15.9 Å². The van der Waals surface area contributed by atoms with Crippen molar-refractivity contribution in [2.24, 2.45) is 0 Å². The summed E-state index contributed by atoms with van der Waals surface area (Å²) in [4.78, 5) is 13.8. The molecule has 1 N–H and O–H groups in total. The summed E-state index contributed by atoms with van der Waals surface area (Å²) in [6.45, 7) is 0.386. The number of phenols is 1. The summed E-state index contributed by atoms with van der Waals surface area (Å²) in [5.41, 5.74) is 1.39. The Kier molecular flexibility index (Phi) is 4.42. The Balaban J connectivity index is 2.12. The number of benzene rings is 2. The normalized spacial score (nSPS) is 10.2. The maximum Gasteiger partial charge on any atom is 0.253 e. The van der Waals surface area contributed by atoms with E-state index in [1.165, 1.54) is 0 Å². The first-order valence-electron chi connectivity index (χ1n) is 5.86. The predicted octanol–water partition coefficient (Wildman–Crippen LogP) is 3.27. The van der Waals surface area contributed by atoms with E-state index >= 15 is 0 Å². The van der Waals surface area contributed by atoms with E-state index in [-0.39, 0.29) is 11.7 Å². The molecule has 98 valence electrons. The van der Waals surface area contributed by atoms with Crippen molar-refractivity contribution in [2.45, 2.75) is 6.54 Å². The van der Waals surface area contributed by atoms with Crippen LogP contribution in [-0.4, -0.2) is 23.0 Å². The van der Waals surface area contributed by atoms with E-state index in [0.29, 0.717) is 12.1 Å². The molecule has 0 unspecified atom stereocenters. The third kappa shape index (κ3) is 3.47. The first-order chi connectivity index (χ1) is 9.08. The van der Waals surface area contributed by atoms with Gasteiger partial charge in [-0.05, 0) is 52.9 Å². The van der Waals surface area contributed by atoms with Crippen molar-refractivity contribution in [3.05, 3.63) is 63.2 Å². The van der Waals surface area contributed by atoms with E-state index in [1.807, 2.05) is 36.4 Å². The van der Waals surface area contributed by atoms with Gasteiger partial charge in [0.15, 0.2) is 0 Å². The Morgan fingerprint density at radius 3 is 2.42 bits per heavy atom. The van der Waals surface area contributed by atoms with E-state index in [9.17, 15) is 9.90 Å². The number of hydrogen-bond acceptors (Lipinski definition) is 2. The summed E-state index contributed by atoms with van der Waals surface area (Å²) in [6, 6.07) is 14.5. The van der Waals surface area contributed by atoms with E-state index in [4.69, 9.17) is 0 Å². The van der Waals surface area contributed by atoms with Gasteiger partial charge in [-0.25, -0.2) is 0 Å². The van der Waals surface area contributed by atoms with Gasteiger partial charge in [-0.3, -0.25) is 4.79 Å². The van der Waals surface area contributed by atoms with Crippen LogP contribution in [0.5, 0.6) is 5.75 Å². The second-order valence-corrected chi connectivity index (χ2v) is 5.54.